The molecule has 6 nitrogen and oxygen atoms in total. The van der Waals surface area contributed by atoms with Crippen LogP contribution < -0.4 is 0 Å². The molecule has 0 spiro atoms. The standard InChI is InChI=1S/C25H36N6/c1-28(2)21-12-15-30(16-13-21)24-11-5-10-23-27-20(18-31(23)24)17-29(3)22-9-4-7-19-8-6-14-26-25(19)22/h5-6,8,10-11,14,20-22H,4,7,9,12-13,15-18H2,1-3H3. The van der Waals surface area contributed by atoms with Crippen LogP contribution in [0.2, 0.25) is 0 Å². The van der Waals surface area contributed by atoms with Gasteiger partial charge in [-0.15, -0.1) is 0 Å². The lowest BCUT2D eigenvalue weighted by atomic mass is 9.91. The summed E-state index contributed by atoms with van der Waals surface area (Å²) in [6.07, 6.45) is 14.6. The minimum absolute atomic E-state index is 0.305. The zero-order valence-corrected chi connectivity index (χ0v) is 19.2. The van der Waals surface area contributed by atoms with Crippen LogP contribution in [0.15, 0.2) is 47.4 Å². The van der Waals surface area contributed by atoms with E-state index in [4.69, 9.17) is 9.98 Å². The lowest BCUT2D eigenvalue weighted by Gasteiger charge is -2.41. The Morgan fingerprint density at radius 2 is 1.97 bits per heavy atom. The van der Waals surface area contributed by atoms with Gasteiger partial charge in [0, 0.05) is 38.4 Å². The van der Waals surface area contributed by atoms with Crippen LogP contribution in [0.25, 0.3) is 0 Å². The number of nitrogens with zero attached hydrogens (tertiary/aromatic N) is 6. The molecule has 0 aromatic carbocycles. The van der Waals surface area contributed by atoms with Gasteiger partial charge < -0.3 is 14.7 Å². The van der Waals surface area contributed by atoms with Crippen LogP contribution in [0, 0.1) is 0 Å². The van der Waals surface area contributed by atoms with Crippen molar-refractivity contribution in [1.82, 2.24) is 24.6 Å². The summed E-state index contributed by atoms with van der Waals surface area (Å²) in [5.74, 6) is 2.47. The Hall–Kier alpha value is -2.18. The first-order valence-corrected chi connectivity index (χ1v) is 11.9. The van der Waals surface area contributed by atoms with Crippen LogP contribution in [-0.2, 0) is 6.42 Å². The van der Waals surface area contributed by atoms with E-state index in [2.05, 4.69) is 71.1 Å². The fourth-order valence-corrected chi connectivity index (χ4v) is 5.72. The fraction of sp³-hybridized carbons (Fsp3) is 0.600. The van der Waals surface area contributed by atoms with Crippen molar-refractivity contribution in [3.8, 4) is 0 Å². The lowest BCUT2D eigenvalue weighted by molar-refractivity contribution is 0.148. The summed E-state index contributed by atoms with van der Waals surface area (Å²) in [5.41, 5.74) is 2.71. The van der Waals surface area contributed by atoms with Crippen LogP contribution in [0.5, 0.6) is 0 Å². The number of likely N-dealkylation sites (N-methyl/N-ethyl adjacent to an activating group) is 1. The topological polar surface area (TPSA) is 38.2 Å². The number of aryl methyl sites for hydroxylation is 1. The third kappa shape index (κ3) is 4.15. The number of aliphatic imine (C=N–C) groups is 1. The Kier molecular flexibility index (Phi) is 5.85. The van der Waals surface area contributed by atoms with E-state index in [1.165, 1.54) is 42.8 Å². The predicted octanol–water partition coefficient (Wildman–Crippen LogP) is 2.91. The first kappa shape index (κ1) is 20.7. The summed E-state index contributed by atoms with van der Waals surface area (Å²) in [6.45, 7) is 4.21. The van der Waals surface area contributed by atoms with Gasteiger partial charge in [-0.05, 0) is 77.0 Å². The second-order valence-corrected chi connectivity index (χ2v) is 9.71. The maximum Gasteiger partial charge on any atom is 0.129 e. The van der Waals surface area contributed by atoms with Crippen molar-refractivity contribution in [1.29, 1.82) is 0 Å². The lowest BCUT2D eigenvalue weighted by Crippen LogP contribution is -2.46. The van der Waals surface area contributed by atoms with Gasteiger partial charge >= 0.3 is 0 Å². The molecule has 31 heavy (non-hydrogen) atoms. The van der Waals surface area contributed by atoms with Crippen LogP contribution >= 0.6 is 0 Å². The number of allylic oxidation sites excluding steroid dienone is 2. The summed E-state index contributed by atoms with van der Waals surface area (Å²) in [5, 5.41) is 0. The first-order chi connectivity index (χ1) is 15.1. The van der Waals surface area contributed by atoms with Crippen LogP contribution in [0.1, 0.15) is 43.0 Å². The molecule has 1 aliphatic carbocycles. The molecule has 0 saturated carbocycles. The highest BCUT2D eigenvalue weighted by atomic mass is 15.4. The van der Waals surface area contributed by atoms with E-state index >= 15 is 0 Å². The van der Waals surface area contributed by atoms with Crippen molar-refractivity contribution in [2.45, 2.75) is 50.2 Å². The van der Waals surface area contributed by atoms with Gasteiger partial charge in [0.25, 0.3) is 0 Å². The molecule has 1 aromatic heterocycles. The average Bonchev–Trinajstić information content (AvgIpc) is 3.21. The summed E-state index contributed by atoms with van der Waals surface area (Å²) in [7, 11) is 6.66. The number of hydrogen-bond acceptors (Lipinski definition) is 6. The average molecular weight is 421 g/mol. The molecule has 0 bridgehead atoms. The van der Waals surface area contributed by atoms with Crippen molar-refractivity contribution in [2.24, 2.45) is 4.99 Å². The van der Waals surface area contributed by atoms with Gasteiger partial charge in [-0.25, -0.2) is 0 Å². The van der Waals surface area contributed by atoms with Crippen molar-refractivity contribution in [3.63, 3.8) is 0 Å². The van der Waals surface area contributed by atoms with Gasteiger partial charge in [0.2, 0.25) is 0 Å². The molecule has 1 aromatic rings. The molecule has 1 saturated heterocycles. The number of aromatic nitrogens is 1. The van der Waals surface area contributed by atoms with Crippen molar-refractivity contribution in [3.05, 3.63) is 53.6 Å². The molecule has 4 aliphatic rings. The van der Waals surface area contributed by atoms with E-state index in [9.17, 15) is 0 Å². The highest BCUT2D eigenvalue weighted by molar-refractivity contribution is 5.96. The van der Waals surface area contributed by atoms with Crippen LogP contribution in [-0.4, -0.2) is 89.8 Å². The molecule has 2 unspecified atom stereocenters. The molecule has 0 N–H and O–H groups in total. The summed E-state index contributed by atoms with van der Waals surface area (Å²) >= 11 is 0. The minimum Gasteiger partial charge on any atom is -0.358 e. The Bertz CT molecular complexity index is 880. The normalized spacial score (nSPS) is 26.2. The van der Waals surface area contributed by atoms with Crippen molar-refractivity contribution in [2.75, 3.05) is 47.3 Å². The molecule has 2 atom stereocenters. The smallest absolute Gasteiger partial charge is 0.129 e. The maximum atomic E-state index is 5.11. The third-order valence-corrected chi connectivity index (χ3v) is 7.47. The predicted molar refractivity (Wildman–Crippen MR) is 126 cm³/mol. The van der Waals surface area contributed by atoms with Crippen LogP contribution in [0.4, 0.5) is 0 Å². The molecule has 0 radical (unpaired) electrons. The molecule has 166 valence electrons. The SMILES string of the molecule is CN(C)C1CCN(C2=CC=CC3=NC(CN(C)C4CCCc5cccnc54)CN23)CC1. The second kappa shape index (κ2) is 8.75. The number of pyridine rings is 1. The molecule has 0 amide bonds. The van der Waals surface area contributed by atoms with Gasteiger partial charge in [0.15, 0.2) is 0 Å². The number of fused-ring (bicyclic) bond motifs is 2. The van der Waals surface area contributed by atoms with E-state index < -0.39 is 0 Å². The second-order valence-electron chi connectivity index (χ2n) is 9.71. The van der Waals surface area contributed by atoms with E-state index in [1.54, 1.807) is 0 Å². The van der Waals surface area contributed by atoms with Gasteiger partial charge in [0.1, 0.15) is 11.7 Å². The third-order valence-electron chi connectivity index (χ3n) is 7.47. The molecular weight excluding hydrogens is 384 g/mol. The van der Waals surface area contributed by atoms with Gasteiger partial charge in [-0.3, -0.25) is 14.9 Å². The van der Waals surface area contributed by atoms with Gasteiger partial charge in [-0.1, -0.05) is 12.1 Å². The highest BCUT2D eigenvalue weighted by Gasteiger charge is 2.34. The number of amidine groups is 1. The van der Waals surface area contributed by atoms with E-state index in [1.807, 2.05) is 6.20 Å². The summed E-state index contributed by atoms with van der Waals surface area (Å²) in [6, 6.07) is 5.75. The number of piperidine rings is 1. The molecule has 4 heterocycles. The van der Waals surface area contributed by atoms with Crippen molar-refractivity contribution >= 4 is 5.84 Å². The Morgan fingerprint density at radius 3 is 2.77 bits per heavy atom. The number of likely N-dealkylation sites (tertiary alicyclic amines) is 1. The summed E-state index contributed by atoms with van der Waals surface area (Å²) < 4.78 is 0. The minimum atomic E-state index is 0.305. The van der Waals surface area contributed by atoms with Gasteiger partial charge in [0.05, 0.1) is 17.8 Å². The van der Waals surface area contributed by atoms with Gasteiger partial charge in [-0.2, -0.15) is 0 Å². The zero-order chi connectivity index (χ0) is 21.4. The molecular formula is C25H36N6. The van der Waals surface area contributed by atoms with E-state index in [0.29, 0.717) is 18.1 Å². The monoisotopic (exact) mass is 420 g/mol. The number of rotatable bonds is 5. The fourth-order valence-electron chi connectivity index (χ4n) is 5.72. The van der Waals surface area contributed by atoms with E-state index in [0.717, 1.165) is 38.4 Å². The Balaban J connectivity index is 1.23. The Morgan fingerprint density at radius 1 is 1.13 bits per heavy atom. The maximum absolute atomic E-state index is 5.11. The number of hydrogen-bond donors (Lipinski definition) is 0. The van der Waals surface area contributed by atoms with Crippen molar-refractivity contribution < 1.29 is 0 Å². The summed E-state index contributed by atoms with van der Waals surface area (Å²) in [4.78, 5) is 19.7. The Labute approximate surface area is 186 Å². The largest absolute Gasteiger partial charge is 0.358 e. The zero-order valence-electron chi connectivity index (χ0n) is 19.2. The molecule has 3 aliphatic heterocycles. The quantitative estimate of drug-likeness (QED) is 0.732. The molecule has 1 fully saturated rings. The highest BCUT2D eigenvalue weighted by Crippen LogP contribution is 2.33. The first-order valence-electron chi connectivity index (χ1n) is 11.9. The molecule has 5 rings (SSSR count). The van der Waals surface area contributed by atoms with E-state index in [-0.39, 0.29) is 0 Å². The van der Waals surface area contributed by atoms with Crippen LogP contribution in [0.3, 0.4) is 0 Å². The molecule has 6 heteroatoms.